The molecule has 2 rings (SSSR count). The van der Waals surface area contributed by atoms with E-state index in [0.717, 1.165) is 15.4 Å². The van der Waals surface area contributed by atoms with E-state index >= 15 is 0 Å². The Morgan fingerprint density at radius 3 is 2.25 bits per heavy atom. The molecule has 0 aliphatic heterocycles. The van der Waals surface area contributed by atoms with Crippen LogP contribution in [-0.4, -0.2) is 6.04 Å². The van der Waals surface area contributed by atoms with Crippen molar-refractivity contribution in [1.82, 2.24) is 5.32 Å². The molecule has 3 heteroatoms. The van der Waals surface area contributed by atoms with E-state index in [0.29, 0.717) is 12.1 Å². The van der Waals surface area contributed by atoms with Crippen LogP contribution in [0.2, 0.25) is 0 Å². The largest absolute Gasteiger partial charge is 0.307 e. The fourth-order valence-corrected chi connectivity index (χ4v) is 3.27. The molecular formula is C17H19Br2N. The van der Waals surface area contributed by atoms with Crippen LogP contribution < -0.4 is 5.32 Å². The molecule has 1 nitrogen and oxygen atoms in total. The zero-order chi connectivity index (χ0) is 14.5. The topological polar surface area (TPSA) is 12.0 Å². The van der Waals surface area contributed by atoms with Crippen molar-refractivity contribution in [3.8, 4) is 0 Å². The SMILES string of the molecule is CC(Cc1ccc(Br)cc1)N[C@@H](C)c1ccccc1Br. The Bertz CT molecular complexity index is 551. The second-order valence-corrected chi connectivity index (χ2v) is 6.91. The first-order chi connectivity index (χ1) is 9.56. The van der Waals surface area contributed by atoms with E-state index in [2.05, 4.69) is 93.5 Å². The highest BCUT2D eigenvalue weighted by atomic mass is 79.9. The number of benzene rings is 2. The van der Waals surface area contributed by atoms with Gasteiger partial charge in [-0.1, -0.05) is 62.2 Å². The Balaban J connectivity index is 1.96. The van der Waals surface area contributed by atoms with E-state index in [1.165, 1.54) is 11.1 Å². The van der Waals surface area contributed by atoms with Gasteiger partial charge in [0.2, 0.25) is 0 Å². The minimum absolute atomic E-state index is 0.330. The average Bonchev–Trinajstić information content (AvgIpc) is 2.41. The molecule has 0 saturated carbocycles. The molecule has 0 saturated heterocycles. The van der Waals surface area contributed by atoms with E-state index in [9.17, 15) is 0 Å². The molecule has 20 heavy (non-hydrogen) atoms. The highest BCUT2D eigenvalue weighted by Crippen LogP contribution is 2.23. The molecule has 0 aromatic heterocycles. The average molecular weight is 397 g/mol. The van der Waals surface area contributed by atoms with Gasteiger partial charge in [0.05, 0.1) is 0 Å². The first-order valence-corrected chi connectivity index (χ1v) is 8.40. The lowest BCUT2D eigenvalue weighted by atomic mass is 10.0. The molecule has 2 aromatic carbocycles. The molecule has 106 valence electrons. The second kappa shape index (κ2) is 7.39. The van der Waals surface area contributed by atoms with Gasteiger partial charge in [-0.15, -0.1) is 0 Å². The minimum atomic E-state index is 0.330. The van der Waals surface area contributed by atoms with Gasteiger partial charge in [-0.05, 0) is 49.6 Å². The van der Waals surface area contributed by atoms with Gasteiger partial charge < -0.3 is 5.32 Å². The van der Waals surface area contributed by atoms with Crippen LogP contribution in [0.25, 0.3) is 0 Å². The molecule has 0 amide bonds. The van der Waals surface area contributed by atoms with E-state index in [1.54, 1.807) is 0 Å². The Kier molecular flexibility index (Phi) is 5.82. The van der Waals surface area contributed by atoms with Crippen molar-refractivity contribution in [1.29, 1.82) is 0 Å². The molecule has 0 aliphatic rings. The Hall–Kier alpha value is -0.640. The maximum absolute atomic E-state index is 3.66. The third-order valence-corrected chi connectivity index (χ3v) is 4.61. The monoisotopic (exact) mass is 395 g/mol. The van der Waals surface area contributed by atoms with Gasteiger partial charge in [0.25, 0.3) is 0 Å². The number of halogens is 2. The summed E-state index contributed by atoms with van der Waals surface area (Å²) in [6.07, 6.45) is 1.03. The van der Waals surface area contributed by atoms with Crippen LogP contribution in [0.1, 0.15) is 31.0 Å². The highest BCUT2D eigenvalue weighted by Gasteiger charge is 2.12. The zero-order valence-corrected chi connectivity index (χ0v) is 14.9. The Morgan fingerprint density at radius 1 is 0.950 bits per heavy atom. The first-order valence-electron chi connectivity index (χ1n) is 6.81. The fraction of sp³-hybridized carbons (Fsp3) is 0.294. The van der Waals surface area contributed by atoms with Crippen molar-refractivity contribution in [2.45, 2.75) is 32.4 Å². The summed E-state index contributed by atoms with van der Waals surface area (Å²) in [5.41, 5.74) is 2.66. The molecule has 2 aromatic rings. The van der Waals surface area contributed by atoms with Crippen molar-refractivity contribution >= 4 is 31.9 Å². The summed E-state index contributed by atoms with van der Waals surface area (Å²) in [6, 6.07) is 17.7. The second-order valence-electron chi connectivity index (χ2n) is 5.14. The maximum Gasteiger partial charge on any atom is 0.0305 e. The van der Waals surface area contributed by atoms with Crippen LogP contribution in [0.4, 0.5) is 0 Å². The van der Waals surface area contributed by atoms with Crippen molar-refractivity contribution in [3.05, 3.63) is 68.6 Å². The van der Waals surface area contributed by atoms with E-state index in [1.807, 2.05) is 6.07 Å². The van der Waals surface area contributed by atoms with E-state index in [4.69, 9.17) is 0 Å². The van der Waals surface area contributed by atoms with Crippen LogP contribution in [0, 0.1) is 0 Å². The summed E-state index contributed by atoms with van der Waals surface area (Å²) < 4.78 is 2.29. The zero-order valence-electron chi connectivity index (χ0n) is 11.7. The normalized spacial score (nSPS) is 14.0. The Labute approximate surface area is 138 Å². The number of hydrogen-bond donors (Lipinski definition) is 1. The van der Waals surface area contributed by atoms with Crippen LogP contribution in [0.5, 0.6) is 0 Å². The Morgan fingerprint density at radius 2 is 1.60 bits per heavy atom. The van der Waals surface area contributed by atoms with Crippen molar-refractivity contribution in [2.75, 3.05) is 0 Å². The molecule has 1 N–H and O–H groups in total. The lowest BCUT2D eigenvalue weighted by Crippen LogP contribution is -2.30. The van der Waals surface area contributed by atoms with Crippen molar-refractivity contribution in [2.24, 2.45) is 0 Å². The van der Waals surface area contributed by atoms with E-state index < -0.39 is 0 Å². The van der Waals surface area contributed by atoms with Crippen LogP contribution >= 0.6 is 31.9 Å². The quantitative estimate of drug-likeness (QED) is 0.704. The van der Waals surface area contributed by atoms with Gasteiger partial charge in [-0.25, -0.2) is 0 Å². The van der Waals surface area contributed by atoms with Gasteiger partial charge in [-0.3, -0.25) is 0 Å². The molecule has 0 heterocycles. The molecular weight excluding hydrogens is 378 g/mol. The molecule has 0 bridgehead atoms. The van der Waals surface area contributed by atoms with Gasteiger partial charge >= 0.3 is 0 Å². The maximum atomic E-state index is 3.66. The number of hydrogen-bond acceptors (Lipinski definition) is 1. The molecule has 1 unspecified atom stereocenters. The number of rotatable bonds is 5. The van der Waals surface area contributed by atoms with Crippen LogP contribution in [0.3, 0.4) is 0 Å². The van der Waals surface area contributed by atoms with Gasteiger partial charge in [0, 0.05) is 21.0 Å². The third-order valence-electron chi connectivity index (χ3n) is 3.36. The first kappa shape index (κ1) is 15.7. The summed E-state index contributed by atoms with van der Waals surface area (Å²) in [5, 5.41) is 3.66. The highest BCUT2D eigenvalue weighted by molar-refractivity contribution is 9.10. The van der Waals surface area contributed by atoms with Crippen LogP contribution in [-0.2, 0) is 6.42 Å². The van der Waals surface area contributed by atoms with Crippen molar-refractivity contribution in [3.63, 3.8) is 0 Å². The van der Waals surface area contributed by atoms with Crippen LogP contribution in [0.15, 0.2) is 57.5 Å². The summed E-state index contributed by atoms with van der Waals surface area (Å²) in [7, 11) is 0. The molecule has 0 spiro atoms. The smallest absolute Gasteiger partial charge is 0.0305 e. The standard InChI is InChI=1S/C17H19Br2N/c1-12(11-14-7-9-15(18)10-8-14)20-13(2)16-5-3-4-6-17(16)19/h3-10,12-13,20H,11H2,1-2H3/t12?,13-/m0/s1. The molecule has 0 aliphatic carbocycles. The van der Waals surface area contributed by atoms with Gasteiger partial charge in [0.15, 0.2) is 0 Å². The number of nitrogens with one attached hydrogen (secondary N) is 1. The van der Waals surface area contributed by atoms with Gasteiger partial charge in [0.1, 0.15) is 0 Å². The lowest BCUT2D eigenvalue weighted by molar-refractivity contribution is 0.476. The molecule has 0 radical (unpaired) electrons. The summed E-state index contributed by atoms with van der Waals surface area (Å²) >= 11 is 7.09. The minimum Gasteiger partial charge on any atom is -0.307 e. The van der Waals surface area contributed by atoms with E-state index in [-0.39, 0.29) is 0 Å². The van der Waals surface area contributed by atoms with Crippen molar-refractivity contribution < 1.29 is 0 Å². The summed E-state index contributed by atoms with van der Waals surface area (Å²) in [5.74, 6) is 0. The predicted octanol–water partition coefficient (Wildman–Crippen LogP) is 5.49. The summed E-state index contributed by atoms with van der Waals surface area (Å²) in [4.78, 5) is 0. The lowest BCUT2D eigenvalue weighted by Gasteiger charge is -2.21. The molecule has 0 fully saturated rings. The molecule has 2 atom stereocenters. The third kappa shape index (κ3) is 4.44. The predicted molar refractivity (Wildman–Crippen MR) is 93.0 cm³/mol. The fourth-order valence-electron chi connectivity index (χ4n) is 2.38. The summed E-state index contributed by atoms with van der Waals surface area (Å²) in [6.45, 7) is 4.44. The van der Waals surface area contributed by atoms with Gasteiger partial charge in [-0.2, -0.15) is 0 Å².